The lowest BCUT2D eigenvalue weighted by Crippen LogP contribution is -2.67. The molecule has 386 valence electrons. The molecular formula is C41H83N11O14. The van der Waals surface area contributed by atoms with Gasteiger partial charge in [-0.3, -0.25) is 14.5 Å². The lowest BCUT2D eigenvalue weighted by atomic mass is 9.84. The van der Waals surface area contributed by atoms with Crippen molar-refractivity contribution in [3.63, 3.8) is 0 Å². The minimum Gasteiger partial charge on any atom is -0.389 e. The van der Waals surface area contributed by atoms with Crippen molar-refractivity contribution in [3.05, 3.63) is 0 Å². The number of nitrogens with two attached hydrogens (primary N) is 8. The molecular weight excluding hydrogens is 871 g/mol. The molecule has 0 aromatic rings. The fourth-order valence-electron chi connectivity index (χ4n) is 8.85. The van der Waals surface area contributed by atoms with Crippen LogP contribution in [-0.2, 0) is 38.0 Å². The summed E-state index contributed by atoms with van der Waals surface area (Å²) >= 11 is 0. The van der Waals surface area contributed by atoms with Crippen molar-refractivity contribution in [1.29, 1.82) is 0 Å². The first-order valence-electron chi connectivity index (χ1n) is 23.5. The minimum atomic E-state index is -1.34. The zero-order chi connectivity index (χ0) is 48.7. The second-order valence-electron chi connectivity index (χ2n) is 18.4. The minimum absolute atomic E-state index is 0.0544. The van der Waals surface area contributed by atoms with E-state index in [0.717, 1.165) is 38.5 Å². The van der Waals surface area contributed by atoms with Gasteiger partial charge in [-0.2, -0.15) is 0 Å². The van der Waals surface area contributed by atoms with Gasteiger partial charge in [-0.25, -0.2) is 0 Å². The molecule has 0 radical (unpaired) electrons. The molecule has 0 aromatic carbocycles. The van der Waals surface area contributed by atoms with Crippen molar-refractivity contribution in [1.82, 2.24) is 15.5 Å². The number of carbonyl (C=O) groups excluding carboxylic acids is 2. The van der Waals surface area contributed by atoms with Gasteiger partial charge in [-0.15, -0.1) is 0 Å². The number of aliphatic hydroxyl groups excluding tert-OH is 6. The van der Waals surface area contributed by atoms with Crippen LogP contribution in [0.2, 0.25) is 0 Å². The highest BCUT2D eigenvalue weighted by Gasteiger charge is 2.50. The van der Waals surface area contributed by atoms with E-state index in [9.17, 15) is 40.2 Å². The zero-order valence-corrected chi connectivity index (χ0v) is 38.3. The Morgan fingerprint density at radius 1 is 0.530 bits per heavy atom. The summed E-state index contributed by atoms with van der Waals surface area (Å²) < 4.78 is 35.6. The molecule has 0 bridgehead atoms. The lowest BCUT2D eigenvalue weighted by Gasteiger charge is -2.46. The summed E-state index contributed by atoms with van der Waals surface area (Å²) in [5, 5.41) is 68.7. The Kier molecular flexibility index (Phi) is 24.1. The van der Waals surface area contributed by atoms with E-state index in [1.165, 1.54) is 0 Å². The van der Waals surface area contributed by atoms with Crippen LogP contribution in [0.1, 0.15) is 64.2 Å². The van der Waals surface area contributed by atoms with E-state index in [1.54, 1.807) is 11.9 Å². The number of hydrogen-bond donors (Lipinski definition) is 16. The van der Waals surface area contributed by atoms with Gasteiger partial charge in [-0.1, -0.05) is 25.7 Å². The molecule has 2 aliphatic heterocycles. The first-order chi connectivity index (χ1) is 31.4. The number of hydrogen-bond acceptors (Lipinski definition) is 23. The second kappa shape index (κ2) is 28.1. The standard InChI is InChI=1S/C41H83N11O14/c1-52(18-26(53)50-10-6-2-4-8-12-61-38-30(55)20(44)14-22(46)36(38)65-40-28(48)34(59)32(57)24(16-42)63-40)19-27(54)51-11-7-3-5-9-13-62-39-31(56)21(45)15-23(47)37(39)66-41-29(49)35(60)33(58)25(17-43)64-41/h20-25,28-41,55-60H,2-19,42-49H2,1H3,(H,50,53)(H,51,54)/t20-,21-,22-,23-,24+,25+,28+,29+,30-,31-,32-,33-,34-,35-,36-,37-,38-,39-,40-,41-/m1/s1. The van der Waals surface area contributed by atoms with Crippen LogP contribution in [0.25, 0.3) is 0 Å². The molecule has 25 heteroatoms. The molecule has 0 unspecified atom stereocenters. The van der Waals surface area contributed by atoms with Gasteiger partial charge < -0.3 is 116 Å². The summed E-state index contributed by atoms with van der Waals surface area (Å²) in [6.45, 7) is 1.45. The Hall–Kier alpha value is -1.90. The fraction of sp³-hybridized carbons (Fsp3) is 0.951. The van der Waals surface area contributed by atoms with Gasteiger partial charge in [-0.05, 0) is 45.6 Å². The number of aliphatic hydroxyl groups is 6. The molecule has 20 atom stereocenters. The van der Waals surface area contributed by atoms with Crippen molar-refractivity contribution < 1.29 is 68.6 Å². The maximum atomic E-state index is 12.5. The van der Waals surface area contributed by atoms with Crippen LogP contribution < -0.4 is 56.5 Å². The van der Waals surface area contributed by atoms with E-state index < -0.39 is 122 Å². The van der Waals surface area contributed by atoms with Gasteiger partial charge in [0.05, 0.1) is 37.4 Å². The average molecular weight is 954 g/mol. The molecule has 2 saturated carbocycles. The first kappa shape index (κ1) is 56.7. The largest absolute Gasteiger partial charge is 0.389 e. The molecule has 66 heavy (non-hydrogen) atoms. The van der Waals surface area contributed by atoms with Crippen LogP contribution >= 0.6 is 0 Å². The van der Waals surface area contributed by atoms with Crippen molar-refractivity contribution in [3.8, 4) is 0 Å². The second-order valence-corrected chi connectivity index (χ2v) is 18.4. The number of rotatable bonds is 26. The highest BCUT2D eigenvalue weighted by molar-refractivity contribution is 5.81. The third-order valence-electron chi connectivity index (χ3n) is 12.9. The Morgan fingerprint density at radius 2 is 0.894 bits per heavy atom. The quantitative estimate of drug-likeness (QED) is 0.0358. The van der Waals surface area contributed by atoms with Gasteiger partial charge in [0.15, 0.2) is 12.6 Å². The smallest absolute Gasteiger partial charge is 0.234 e. The summed E-state index contributed by atoms with van der Waals surface area (Å²) in [5.74, 6) is -0.399. The van der Waals surface area contributed by atoms with Crippen LogP contribution in [0.4, 0.5) is 0 Å². The molecule has 4 fully saturated rings. The van der Waals surface area contributed by atoms with E-state index in [-0.39, 0.29) is 64.0 Å². The molecule has 2 aliphatic carbocycles. The van der Waals surface area contributed by atoms with Crippen LogP contribution in [0, 0.1) is 0 Å². The first-order valence-corrected chi connectivity index (χ1v) is 23.5. The van der Waals surface area contributed by atoms with E-state index >= 15 is 0 Å². The van der Waals surface area contributed by atoms with E-state index in [1.807, 2.05) is 0 Å². The summed E-state index contributed by atoms with van der Waals surface area (Å²) in [4.78, 5) is 26.7. The van der Waals surface area contributed by atoms with Gasteiger partial charge >= 0.3 is 0 Å². The van der Waals surface area contributed by atoms with Crippen molar-refractivity contribution >= 4 is 11.8 Å². The molecule has 2 saturated heterocycles. The van der Waals surface area contributed by atoms with Crippen LogP contribution in [0.15, 0.2) is 0 Å². The zero-order valence-electron chi connectivity index (χ0n) is 38.3. The topological polar surface area (TPSA) is 446 Å². The monoisotopic (exact) mass is 954 g/mol. The Labute approximate surface area is 387 Å². The summed E-state index contributed by atoms with van der Waals surface area (Å²) in [6.07, 6.45) is -8.54. The van der Waals surface area contributed by atoms with E-state index in [2.05, 4.69) is 10.6 Å². The number of unbranched alkanes of at least 4 members (excludes halogenated alkanes) is 6. The maximum Gasteiger partial charge on any atom is 0.234 e. The normalized spacial score (nSPS) is 39.8. The Bertz CT molecular complexity index is 1320. The summed E-state index contributed by atoms with van der Waals surface area (Å²) in [5.41, 5.74) is 48.5. The SMILES string of the molecule is CN(CC(=O)NCCCCCCO[C@@H]1[C@H](O)[C@H](N)C[C@@H](N)[C@H]1O[C@H]1O[C@@H](CN)[C@@H](O)[C@H](O)[C@@H]1N)CC(=O)NCCCCCCO[C@@H]1[C@H](O)[C@H](N)C[C@@H](N)[C@H]1O[C@H]1O[C@@H](CN)[C@@H](O)[C@H](O)[C@@H]1N. The maximum absolute atomic E-state index is 12.5. The van der Waals surface area contributed by atoms with E-state index in [0.29, 0.717) is 25.9 Å². The van der Waals surface area contributed by atoms with Crippen LogP contribution in [0.5, 0.6) is 0 Å². The van der Waals surface area contributed by atoms with Crippen molar-refractivity contribution in [2.45, 2.75) is 186 Å². The van der Waals surface area contributed by atoms with E-state index in [4.69, 9.17) is 74.3 Å². The molecule has 0 spiro atoms. The number of amides is 2. The summed E-state index contributed by atoms with van der Waals surface area (Å²) in [6, 6.07) is -4.70. The van der Waals surface area contributed by atoms with Crippen molar-refractivity contribution in [2.75, 3.05) is 59.5 Å². The molecule has 25 nitrogen and oxygen atoms in total. The number of nitrogens with zero attached hydrogens (tertiary/aromatic N) is 1. The molecule has 2 amide bonds. The highest BCUT2D eigenvalue weighted by Crippen LogP contribution is 2.30. The number of ether oxygens (including phenoxy) is 6. The Balaban J connectivity index is 1.03. The highest BCUT2D eigenvalue weighted by atomic mass is 16.7. The average Bonchev–Trinajstić information content (AvgIpc) is 3.27. The Morgan fingerprint density at radius 3 is 1.26 bits per heavy atom. The fourth-order valence-corrected chi connectivity index (χ4v) is 8.85. The summed E-state index contributed by atoms with van der Waals surface area (Å²) in [7, 11) is 1.69. The molecule has 2 heterocycles. The van der Waals surface area contributed by atoms with Gasteiger partial charge in [0, 0.05) is 63.6 Å². The lowest BCUT2D eigenvalue weighted by molar-refractivity contribution is -0.291. The molecule has 4 rings (SSSR count). The van der Waals surface area contributed by atoms with Crippen LogP contribution in [0.3, 0.4) is 0 Å². The molecule has 4 aliphatic rings. The van der Waals surface area contributed by atoms with Crippen LogP contribution in [-0.4, -0.2) is 229 Å². The van der Waals surface area contributed by atoms with Gasteiger partial charge in [0.25, 0.3) is 0 Å². The van der Waals surface area contributed by atoms with Crippen molar-refractivity contribution in [2.24, 2.45) is 45.9 Å². The third kappa shape index (κ3) is 16.1. The number of likely N-dealkylation sites (N-methyl/N-ethyl adjacent to an activating group) is 1. The molecule has 24 N–H and O–H groups in total. The van der Waals surface area contributed by atoms with Gasteiger partial charge in [0.2, 0.25) is 11.8 Å². The number of carbonyl (C=O) groups is 2. The predicted molar refractivity (Wildman–Crippen MR) is 238 cm³/mol. The number of nitrogens with one attached hydrogen (secondary N) is 2. The van der Waals surface area contributed by atoms with Gasteiger partial charge in [0.1, 0.15) is 61.0 Å². The predicted octanol–water partition coefficient (Wildman–Crippen LogP) is -7.88. The molecule has 0 aromatic heterocycles. The third-order valence-corrected chi connectivity index (χ3v) is 12.9.